The molecule has 29 heavy (non-hydrogen) atoms. The van der Waals surface area contributed by atoms with Gasteiger partial charge in [0.25, 0.3) is 6.43 Å². The summed E-state index contributed by atoms with van der Waals surface area (Å²) in [5.41, 5.74) is 5.04. The molecule has 2 aromatic rings. The highest BCUT2D eigenvalue weighted by atomic mass is 19.3. The number of alkyl halides is 2. The van der Waals surface area contributed by atoms with E-state index in [0.29, 0.717) is 58.0 Å². The molecule has 0 saturated carbocycles. The molecule has 0 bridgehead atoms. The standard InChI is InChI=1S/C17H22F2N8O2/c1-10-9-29-7-4-27(10)17-24-14(11-8-21-15(20)22-12(11)13(18)19)23-16(25-17)26-2-5-28-6-3-26/h8,10,13H,2-7,9H2,1H3,(H2,20,21,22)/t10-/m1/s1. The van der Waals surface area contributed by atoms with Gasteiger partial charge in [-0.05, 0) is 6.92 Å². The first kappa shape index (κ1) is 19.6. The van der Waals surface area contributed by atoms with E-state index < -0.39 is 12.1 Å². The van der Waals surface area contributed by atoms with E-state index in [1.807, 2.05) is 16.7 Å². The molecule has 0 unspecified atom stereocenters. The maximum absolute atomic E-state index is 13.6. The number of anilines is 3. The van der Waals surface area contributed by atoms with Crippen LogP contribution in [0.2, 0.25) is 0 Å². The molecule has 2 fully saturated rings. The van der Waals surface area contributed by atoms with Crippen LogP contribution in [0.5, 0.6) is 0 Å². The number of rotatable bonds is 4. The average Bonchev–Trinajstić information content (AvgIpc) is 2.74. The van der Waals surface area contributed by atoms with Gasteiger partial charge >= 0.3 is 0 Å². The normalized spacial score (nSPS) is 20.3. The summed E-state index contributed by atoms with van der Waals surface area (Å²) in [6.45, 7) is 5.92. The average molecular weight is 408 g/mol. The van der Waals surface area contributed by atoms with E-state index in [1.165, 1.54) is 6.20 Å². The Morgan fingerprint density at radius 3 is 2.48 bits per heavy atom. The molecule has 4 heterocycles. The molecule has 0 spiro atoms. The number of hydrogen-bond acceptors (Lipinski definition) is 10. The van der Waals surface area contributed by atoms with E-state index >= 15 is 0 Å². The largest absolute Gasteiger partial charge is 0.378 e. The molecule has 4 rings (SSSR count). The monoisotopic (exact) mass is 408 g/mol. The summed E-state index contributed by atoms with van der Waals surface area (Å²) in [6, 6.07) is 0.0359. The minimum Gasteiger partial charge on any atom is -0.378 e. The van der Waals surface area contributed by atoms with Gasteiger partial charge in [0.15, 0.2) is 5.82 Å². The molecule has 1 atom stereocenters. The molecule has 156 valence electrons. The number of nitrogens with two attached hydrogens (primary N) is 1. The molecule has 10 nitrogen and oxygen atoms in total. The lowest BCUT2D eigenvalue weighted by atomic mass is 10.2. The number of hydrogen-bond donors (Lipinski definition) is 1. The van der Waals surface area contributed by atoms with Gasteiger partial charge in [0.2, 0.25) is 17.8 Å². The number of nitrogen functional groups attached to an aromatic ring is 1. The molecular formula is C17H22F2N8O2. The Morgan fingerprint density at radius 2 is 1.76 bits per heavy atom. The van der Waals surface area contributed by atoms with E-state index in [-0.39, 0.29) is 23.4 Å². The van der Waals surface area contributed by atoms with Crippen molar-refractivity contribution in [2.75, 3.05) is 61.6 Å². The van der Waals surface area contributed by atoms with E-state index in [4.69, 9.17) is 15.2 Å². The van der Waals surface area contributed by atoms with Gasteiger partial charge in [-0.15, -0.1) is 0 Å². The summed E-state index contributed by atoms with van der Waals surface area (Å²) in [5.74, 6) is 0.674. The molecular weight excluding hydrogens is 386 g/mol. The zero-order chi connectivity index (χ0) is 20.4. The van der Waals surface area contributed by atoms with Gasteiger partial charge in [-0.2, -0.15) is 15.0 Å². The fourth-order valence-corrected chi connectivity index (χ4v) is 3.28. The van der Waals surface area contributed by atoms with Crippen LogP contribution < -0.4 is 15.5 Å². The molecule has 0 amide bonds. The molecule has 0 aromatic carbocycles. The summed E-state index contributed by atoms with van der Waals surface area (Å²) in [4.78, 5) is 25.0. The fraction of sp³-hybridized carbons (Fsp3) is 0.588. The first-order chi connectivity index (χ1) is 14.0. The van der Waals surface area contributed by atoms with Gasteiger partial charge in [0.05, 0.1) is 38.0 Å². The fourth-order valence-electron chi connectivity index (χ4n) is 3.28. The smallest absolute Gasteiger partial charge is 0.281 e. The predicted molar refractivity (Wildman–Crippen MR) is 101 cm³/mol. The number of nitrogens with zero attached hydrogens (tertiary/aromatic N) is 7. The summed E-state index contributed by atoms with van der Waals surface area (Å²) in [6.07, 6.45) is -1.61. The van der Waals surface area contributed by atoms with Crippen LogP contribution in [0.1, 0.15) is 19.0 Å². The van der Waals surface area contributed by atoms with Gasteiger partial charge in [-0.25, -0.2) is 18.7 Å². The van der Waals surface area contributed by atoms with Crippen molar-refractivity contribution in [3.05, 3.63) is 11.9 Å². The zero-order valence-corrected chi connectivity index (χ0v) is 16.0. The van der Waals surface area contributed by atoms with Crippen LogP contribution in [0.25, 0.3) is 11.4 Å². The number of aromatic nitrogens is 5. The Balaban J connectivity index is 1.81. The van der Waals surface area contributed by atoms with Crippen molar-refractivity contribution in [2.24, 2.45) is 0 Å². The minimum atomic E-state index is -2.84. The maximum Gasteiger partial charge on any atom is 0.281 e. The second-order valence-electron chi connectivity index (χ2n) is 6.80. The molecule has 2 aromatic heterocycles. The van der Waals surface area contributed by atoms with Crippen LogP contribution in [-0.4, -0.2) is 77.0 Å². The minimum absolute atomic E-state index is 0.0354. The van der Waals surface area contributed by atoms with Gasteiger partial charge in [0, 0.05) is 25.8 Å². The van der Waals surface area contributed by atoms with Crippen LogP contribution in [0.4, 0.5) is 26.6 Å². The van der Waals surface area contributed by atoms with Gasteiger partial charge in [-0.1, -0.05) is 0 Å². The SMILES string of the molecule is C[C@@H]1COCCN1c1nc(-c2cnc(N)nc2C(F)F)nc(N2CCOCC2)n1. The van der Waals surface area contributed by atoms with Gasteiger partial charge in [-0.3, -0.25) is 0 Å². The van der Waals surface area contributed by atoms with Crippen molar-refractivity contribution < 1.29 is 18.3 Å². The molecule has 2 aliphatic heterocycles. The Kier molecular flexibility index (Phi) is 5.62. The third-order valence-electron chi connectivity index (χ3n) is 4.81. The summed E-state index contributed by atoms with van der Waals surface area (Å²) in [7, 11) is 0. The van der Waals surface area contributed by atoms with Crippen LogP contribution in [0.15, 0.2) is 6.20 Å². The van der Waals surface area contributed by atoms with Crippen LogP contribution in [-0.2, 0) is 9.47 Å². The summed E-state index contributed by atoms with van der Waals surface area (Å²) in [5, 5.41) is 0. The Hall–Kier alpha value is -2.73. The van der Waals surface area contributed by atoms with Crippen LogP contribution in [0.3, 0.4) is 0 Å². The van der Waals surface area contributed by atoms with Crippen LogP contribution >= 0.6 is 0 Å². The van der Waals surface area contributed by atoms with Crippen molar-refractivity contribution in [2.45, 2.75) is 19.4 Å². The zero-order valence-electron chi connectivity index (χ0n) is 16.0. The van der Waals surface area contributed by atoms with Crippen molar-refractivity contribution in [3.63, 3.8) is 0 Å². The van der Waals surface area contributed by atoms with Crippen LogP contribution in [0, 0.1) is 0 Å². The van der Waals surface area contributed by atoms with Crippen molar-refractivity contribution in [3.8, 4) is 11.4 Å². The van der Waals surface area contributed by atoms with Gasteiger partial charge < -0.3 is 25.0 Å². The topological polar surface area (TPSA) is 115 Å². The molecule has 0 aliphatic carbocycles. The third kappa shape index (κ3) is 4.17. The molecule has 0 radical (unpaired) electrons. The predicted octanol–water partition coefficient (Wildman–Crippen LogP) is 0.910. The van der Waals surface area contributed by atoms with E-state index in [0.717, 1.165) is 0 Å². The van der Waals surface area contributed by atoms with E-state index in [1.54, 1.807) is 0 Å². The highest BCUT2D eigenvalue weighted by Gasteiger charge is 2.27. The third-order valence-corrected chi connectivity index (χ3v) is 4.81. The Morgan fingerprint density at radius 1 is 1.03 bits per heavy atom. The lowest BCUT2D eigenvalue weighted by molar-refractivity contribution is 0.0980. The molecule has 12 heteroatoms. The maximum atomic E-state index is 13.6. The lowest BCUT2D eigenvalue weighted by Crippen LogP contribution is -2.45. The quantitative estimate of drug-likeness (QED) is 0.782. The number of ether oxygens (including phenoxy) is 2. The lowest BCUT2D eigenvalue weighted by Gasteiger charge is -2.34. The highest BCUT2D eigenvalue weighted by molar-refractivity contribution is 5.61. The van der Waals surface area contributed by atoms with Gasteiger partial charge in [0.1, 0.15) is 5.69 Å². The Labute approximate surface area is 166 Å². The molecule has 2 N–H and O–H groups in total. The van der Waals surface area contributed by atoms with Crippen molar-refractivity contribution in [1.29, 1.82) is 0 Å². The first-order valence-electron chi connectivity index (χ1n) is 9.37. The van der Waals surface area contributed by atoms with E-state index in [9.17, 15) is 8.78 Å². The second-order valence-corrected chi connectivity index (χ2v) is 6.80. The highest BCUT2D eigenvalue weighted by Crippen LogP contribution is 2.30. The van der Waals surface area contributed by atoms with E-state index in [2.05, 4.69) is 24.9 Å². The summed E-state index contributed by atoms with van der Waals surface area (Å²) >= 11 is 0. The Bertz CT molecular complexity index is 865. The van der Waals surface area contributed by atoms with Crippen molar-refractivity contribution >= 4 is 17.8 Å². The number of halogens is 2. The van der Waals surface area contributed by atoms with Crippen molar-refractivity contribution in [1.82, 2.24) is 24.9 Å². The number of morpholine rings is 2. The molecule has 2 aliphatic rings. The first-order valence-corrected chi connectivity index (χ1v) is 9.37. The second kappa shape index (κ2) is 8.33. The summed E-state index contributed by atoms with van der Waals surface area (Å²) < 4.78 is 38.1. The molecule has 2 saturated heterocycles.